The van der Waals surface area contributed by atoms with E-state index >= 15 is 0 Å². The van der Waals surface area contributed by atoms with Gasteiger partial charge in [-0.25, -0.2) is 19.4 Å². The highest BCUT2D eigenvalue weighted by molar-refractivity contribution is 6.36. The van der Waals surface area contributed by atoms with Crippen LogP contribution in [0.4, 0.5) is 29.5 Å². The number of benzene rings is 2. The number of likely N-dealkylation sites (tertiary alicyclic amines) is 1. The van der Waals surface area contributed by atoms with Crippen molar-refractivity contribution in [1.82, 2.24) is 35.3 Å². The molecule has 2 saturated heterocycles. The number of alkyl halides is 3. The summed E-state index contributed by atoms with van der Waals surface area (Å²) in [6.45, 7) is 4.03. The Labute approximate surface area is 301 Å². The summed E-state index contributed by atoms with van der Waals surface area (Å²) in [6.07, 6.45) is -0.922. The summed E-state index contributed by atoms with van der Waals surface area (Å²) in [5.74, 6) is 0.310. The Bertz CT molecular complexity index is 2350. The van der Waals surface area contributed by atoms with Gasteiger partial charge in [-0.15, -0.1) is 0 Å². The van der Waals surface area contributed by atoms with Crippen molar-refractivity contribution < 1.29 is 22.7 Å². The standard InChI is InChI=1S/C37H34ClF3N8O3/c1-19-22(6-5-9-25(19)44-32-30-21(16-43-48(2)34(30)50)15-28(46-32)37(39,40)41)23-7-4-8-24(31(23)38)26-14-20-10-11-27(29(20)33(45-26)52-3)49-13-12-36(18-49)17-42-35(51)47-36/h4-9,14-16,27H,10-13,17-18H2,1-3H3,(H,44,46)(H2,42,47,51)/t27-,36+/m0/s1. The lowest BCUT2D eigenvalue weighted by molar-refractivity contribution is -0.141. The molecular formula is C37H34ClF3N8O3. The van der Waals surface area contributed by atoms with Gasteiger partial charge in [-0.2, -0.15) is 18.3 Å². The van der Waals surface area contributed by atoms with Gasteiger partial charge in [0.25, 0.3) is 5.56 Å². The van der Waals surface area contributed by atoms with E-state index in [4.69, 9.17) is 21.3 Å². The molecule has 1 aliphatic carbocycles. The van der Waals surface area contributed by atoms with Crippen molar-refractivity contribution in [3.05, 3.63) is 92.5 Å². The lowest BCUT2D eigenvalue weighted by atomic mass is 9.96. The molecule has 1 spiro atoms. The molecule has 2 aromatic carbocycles. The third-order valence-electron chi connectivity index (χ3n) is 10.5. The first kappa shape index (κ1) is 33.9. The van der Waals surface area contributed by atoms with E-state index in [1.807, 2.05) is 31.2 Å². The molecule has 15 heteroatoms. The molecule has 5 heterocycles. The summed E-state index contributed by atoms with van der Waals surface area (Å²) in [6, 6.07) is 13.9. The summed E-state index contributed by atoms with van der Waals surface area (Å²) < 4.78 is 48.5. The van der Waals surface area contributed by atoms with Gasteiger partial charge in [0.15, 0.2) is 0 Å². The van der Waals surface area contributed by atoms with Crippen molar-refractivity contribution in [3.8, 4) is 28.3 Å². The van der Waals surface area contributed by atoms with E-state index < -0.39 is 17.4 Å². The largest absolute Gasteiger partial charge is 0.481 e. The van der Waals surface area contributed by atoms with Gasteiger partial charge in [0.2, 0.25) is 5.88 Å². The van der Waals surface area contributed by atoms with Crippen LogP contribution in [0.1, 0.15) is 41.3 Å². The topological polar surface area (TPSA) is 126 Å². The van der Waals surface area contributed by atoms with Crippen LogP contribution in [-0.4, -0.2) is 63.0 Å². The minimum Gasteiger partial charge on any atom is -0.481 e. The smallest absolute Gasteiger partial charge is 0.433 e. The van der Waals surface area contributed by atoms with E-state index in [2.05, 4.69) is 37.0 Å². The third-order valence-corrected chi connectivity index (χ3v) is 10.9. The van der Waals surface area contributed by atoms with Gasteiger partial charge in [0, 0.05) is 60.5 Å². The number of urea groups is 1. The molecule has 0 radical (unpaired) electrons. The van der Waals surface area contributed by atoms with Gasteiger partial charge in [-0.3, -0.25) is 9.69 Å². The zero-order valence-electron chi connectivity index (χ0n) is 28.5. The van der Waals surface area contributed by atoms with Crippen LogP contribution in [0, 0.1) is 6.92 Å². The van der Waals surface area contributed by atoms with E-state index in [-0.39, 0.29) is 34.2 Å². The van der Waals surface area contributed by atoms with Gasteiger partial charge in [-0.05, 0) is 61.1 Å². The number of hydrogen-bond donors (Lipinski definition) is 3. The number of carbonyl (C=O) groups excluding carboxylic acids is 1. The molecule has 0 bridgehead atoms. The third kappa shape index (κ3) is 5.70. The van der Waals surface area contributed by atoms with Crippen LogP contribution in [0.25, 0.3) is 33.2 Å². The van der Waals surface area contributed by atoms with Gasteiger partial charge < -0.3 is 20.7 Å². The second-order valence-corrected chi connectivity index (χ2v) is 14.0. The fraction of sp³-hybridized carbons (Fsp3) is 0.324. The summed E-state index contributed by atoms with van der Waals surface area (Å²) >= 11 is 7.17. The minimum atomic E-state index is -4.74. The summed E-state index contributed by atoms with van der Waals surface area (Å²) in [4.78, 5) is 36.2. The number of pyridine rings is 2. The predicted molar refractivity (Wildman–Crippen MR) is 191 cm³/mol. The van der Waals surface area contributed by atoms with Crippen molar-refractivity contribution in [2.45, 2.75) is 43.9 Å². The molecule has 0 saturated carbocycles. The first-order valence-corrected chi connectivity index (χ1v) is 17.2. The van der Waals surface area contributed by atoms with Crippen molar-refractivity contribution >= 4 is 39.9 Å². The summed E-state index contributed by atoms with van der Waals surface area (Å²) in [5.41, 5.74) is 4.11. The van der Waals surface area contributed by atoms with E-state index in [0.29, 0.717) is 45.5 Å². The van der Waals surface area contributed by atoms with Crippen molar-refractivity contribution in [2.24, 2.45) is 7.05 Å². The Morgan fingerprint density at radius 1 is 1.08 bits per heavy atom. The normalized spacial score (nSPS) is 20.0. The van der Waals surface area contributed by atoms with Gasteiger partial charge in [0.05, 0.1) is 34.9 Å². The second-order valence-electron chi connectivity index (χ2n) is 13.6. The predicted octanol–water partition coefficient (Wildman–Crippen LogP) is 6.53. The van der Waals surface area contributed by atoms with Gasteiger partial charge in [-0.1, -0.05) is 41.9 Å². The average Bonchev–Trinajstić information content (AvgIpc) is 3.84. The van der Waals surface area contributed by atoms with Crippen molar-refractivity contribution in [3.63, 3.8) is 0 Å². The molecule has 11 nitrogen and oxygen atoms in total. The first-order chi connectivity index (χ1) is 24.9. The second kappa shape index (κ2) is 12.5. The fourth-order valence-electron chi connectivity index (χ4n) is 7.85. The molecule has 2 amide bonds. The van der Waals surface area contributed by atoms with Crippen LogP contribution < -0.4 is 26.2 Å². The lowest BCUT2D eigenvalue weighted by Crippen LogP contribution is -2.46. The van der Waals surface area contributed by atoms with E-state index in [9.17, 15) is 22.8 Å². The molecule has 2 aliphatic heterocycles. The number of aromatic nitrogens is 4. The molecule has 0 unspecified atom stereocenters. The summed E-state index contributed by atoms with van der Waals surface area (Å²) in [7, 11) is 3.04. The van der Waals surface area contributed by atoms with E-state index in [1.165, 1.54) is 13.2 Å². The highest BCUT2D eigenvalue weighted by atomic mass is 35.5. The number of aryl methyl sites for hydroxylation is 2. The van der Waals surface area contributed by atoms with Crippen LogP contribution in [0.5, 0.6) is 5.88 Å². The maximum atomic E-state index is 13.8. The number of ether oxygens (including phenoxy) is 1. The number of carbonyl (C=O) groups is 1. The Morgan fingerprint density at radius 2 is 1.85 bits per heavy atom. The van der Waals surface area contributed by atoms with E-state index in [1.54, 1.807) is 19.2 Å². The molecule has 52 heavy (non-hydrogen) atoms. The molecule has 3 N–H and O–H groups in total. The Balaban J connectivity index is 1.14. The molecule has 8 rings (SSSR count). The molecule has 268 valence electrons. The maximum absolute atomic E-state index is 13.8. The number of hydrogen-bond acceptors (Lipinski definition) is 8. The number of nitrogens with zero attached hydrogens (tertiary/aromatic N) is 5. The highest BCUT2D eigenvalue weighted by Gasteiger charge is 2.47. The van der Waals surface area contributed by atoms with Gasteiger partial charge >= 0.3 is 12.2 Å². The van der Waals surface area contributed by atoms with Crippen LogP contribution in [-0.2, 0) is 19.6 Å². The highest BCUT2D eigenvalue weighted by Crippen LogP contribution is 2.46. The monoisotopic (exact) mass is 730 g/mol. The van der Waals surface area contributed by atoms with Crippen LogP contribution in [0.2, 0.25) is 5.02 Å². The zero-order valence-corrected chi connectivity index (χ0v) is 29.2. The number of anilines is 2. The Hall–Kier alpha value is -5.21. The number of halogens is 4. The quantitative estimate of drug-likeness (QED) is 0.180. The Kier molecular flexibility index (Phi) is 8.14. The number of fused-ring (bicyclic) bond motifs is 2. The van der Waals surface area contributed by atoms with Crippen LogP contribution in [0.15, 0.2) is 59.5 Å². The molecule has 3 aliphatic rings. The Morgan fingerprint density at radius 3 is 2.60 bits per heavy atom. The molecular weight excluding hydrogens is 697 g/mol. The van der Waals surface area contributed by atoms with Crippen LogP contribution in [0.3, 0.4) is 0 Å². The number of rotatable bonds is 6. The number of nitrogens with one attached hydrogen (secondary N) is 3. The fourth-order valence-corrected chi connectivity index (χ4v) is 8.18. The molecule has 3 aromatic heterocycles. The average molecular weight is 731 g/mol. The molecule has 5 aromatic rings. The molecule has 2 atom stereocenters. The maximum Gasteiger partial charge on any atom is 0.433 e. The van der Waals surface area contributed by atoms with Crippen molar-refractivity contribution in [1.29, 1.82) is 0 Å². The number of methoxy groups -OCH3 is 1. The van der Waals surface area contributed by atoms with E-state index in [0.717, 1.165) is 59.8 Å². The molecule has 2 fully saturated rings. The van der Waals surface area contributed by atoms with Crippen LogP contribution >= 0.6 is 11.6 Å². The van der Waals surface area contributed by atoms with Crippen molar-refractivity contribution in [2.75, 3.05) is 32.1 Å². The summed E-state index contributed by atoms with van der Waals surface area (Å²) in [5, 5.41) is 13.4. The lowest BCUT2D eigenvalue weighted by Gasteiger charge is -2.28. The zero-order chi connectivity index (χ0) is 36.5. The minimum absolute atomic E-state index is 0.0132. The number of amides is 2. The SMILES string of the molecule is COc1nc(-c2cccc(-c3cccc(Nc4nc(C(F)(F)F)cc5cnn(C)c(=O)c45)c3C)c2Cl)cc2c1[C@@H](N1CC[C@@]3(CNC(=O)N3)C1)CC2. The van der Waals surface area contributed by atoms with Gasteiger partial charge in [0.1, 0.15) is 11.5 Å². The first-order valence-electron chi connectivity index (χ1n) is 16.8.